The fraction of sp³-hybridized carbons (Fsp3) is 0.0714. The summed E-state index contributed by atoms with van der Waals surface area (Å²) in [6.45, 7) is 1.94. The van der Waals surface area contributed by atoms with Crippen LogP contribution in [0.4, 0.5) is 5.95 Å². The Bertz CT molecular complexity index is 860. The van der Waals surface area contributed by atoms with E-state index in [4.69, 9.17) is 22.6 Å². The molecule has 3 aromatic rings. The largest absolute Gasteiger partial charge is 0.369 e. The van der Waals surface area contributed by atoms with Gasteiger partial charge in [-0.3, -0.25) is 4.57 Å². The van der Waals surface area contributed by atoms with E-state index in [-0.39, 0.29) is 5.95 Å². The zero-order chi connectivity index (χ0) is 14.3. The van der Waals surface area contributed by atoms with Gasteiger partial charge in [-0.25, -0.2) is 9.97 Å². The number of benzene rings is 1. The van der Waals surface area contributed by atoms with E-state index in [2.05, 4.69) is 16.0 Å². The van der Waals surface area contributed by atoms with Crippen LogP contribution < -0.4 is 5.73 Å². The summed E-state index contributed by atoms with van der Waals surface area (Å²) in [4.78, 5) is 8.64. The van der Waals surface area contributed by atoms with Crippen molar-refractivity contribution in [1.29, 1.82) is 5.26 Å². The van der Waals surface area contributed by atoms with Gasteiger partial charge in [0.2, 0.25) is 5.95 Å². The average molecular weight is 284 g/mol. The first-order chi connectivity index (χ1) is 9.60. The molecule has 0 aliphatic heterocycles. The van der Waals surface area contributed by atoms with E-state index in [0.29, 0.717) is 27.4 Å². The fourth-order valence-electron chi connectivity index (χ4n) is 2.07. The van der Waals surface area contributed by atoms with Gasteiger partial charge >= 0.3 is 0 Å². The normalized spacial score (nSPS) is 10.7. The number of hydrogen-bond acceptors (Lipinski definition) is 4. The molecule has 3 rings (SSSR count). The molecule has 1 aromatic carbocycles. The summed E-state index contributed by atoms with van der Waals surface area (Å²) in [7, 11) is 0. The molecule has 20 heavy (non-hydrogen) atoms. The molecule has 0 saturated heterocycles. The van der Waals surface area contributed by atoms with Crippen LogP contribution in [-0.2, 0) is 0 Å². The zero-order valence-electron chi connectivity index (χ0n) is 10.6. The van der Waals surface area contributed by atoms with Gasteiger partial charge < -0.3 is 5.73 Å². The van der Waals surface area contributed by atoms with Crippen LogP contribution in [-0.4, -0.2) is 14.5 Å². The van der Waals surface area contributed by atoms with E-state index >= 15 is 0 Å². The quantitative estimate of drug-likeness (QED) is 0.744. The second kappa shape index (κ2) is 4.51. The number of pyridine rings is 1. The minimum absolute atomic E-state index is 0.287. The van der Waals surface area contributed by atoms with Crippen LogP contribution in [0, 0.1) is 18.3 Å². The highest BCUT2D eigenvalue weighted by Crippen LogP contribution is 2.28. The number of aromatic nitrogens is 3. The van der Waals surface area contributed by atoms with Crippen molar-refractivity contribution in [2.24, 2.45) is 0 Å². The predicted octanol–water partition coefficient (Wildman–Crippen LogP) is 2.84. The first-order valence-corrected chi connectivity index (χ1v) is 6.28. The lowest BCUT2D eigenvalue weighted by molar-refractivity contribution is 1.08. The number of imidazole rings is 1. The SMILES string of the molecule is Cc1cnc2c(c1)nc(N)n2-c1cc(C#N)ccc1Cl. The van der Waals surface area contributed by atoms with Crippen LogP contribution in [0.3, 0.4) is 0 Å². The smallest absolute Gasteiger partial charge is 0.207 e. The van der Waals surface area contributed by atoms with Crippen molar-refractivity contribution < 1.29 is 0 Å². The molecule has 6 heteroatoms. The van der Waals surface area contributed by atoms with E-state index in [9.17, 15) is 0 Å². The molecule has 0 saturated carbocycles. The minimum atomic E-state index is 0.287. The van der Waals surface area contributed by atoms with Crippen LogP contribution in [0.1, 0.15) is 11.1 Å². The second-order valence-electron chi connectivity index (χ2n) is 4.44. The third-order valence-corrected chi connectivity index (χ3v) is 3.30. The molecule has 0 spiro atoms. The number of hydrogen-bond donors (Lipinski definition) is 1. The molecule has 0 fully saturated rings. The number of halogens is 1. The van der Waals surface area contributed by atoms with Gasteiger partial charge in [-0.2, -0.15) is 5.26 Å². The molecule has 0 bridgehead atoms. The third kappa shape index (κ3) is 1.87. The van der Waals surface area contributed by atoms with Crippen molar-refractivity contribution in [3.05, 3.63) is 46.6 Å². The van der Waals surface area contributed by atoms with Crippen LogP contribution in [0.15, 0.2) is 30.5 Å². The van der Waals surface area contributed by atoms with Gasteiger partial charge in [0.25, 0.3) is 0 Å². The maximum atomic E-state index is 9.00. The Morgan fingerprint density at radius 1 is 1.35 bits per heavy atom. The summed E-state index contributed by atoms with van der Waals surface area (Å²) in [5.74, 6) is 0.287. The van der Waals surface area contributed by atoms with Crippen molar-refractivity contribution in [3.8, 4) is 11.8 Å². The van der Waals surface area contributed by atoms with Gasteiger partial charge in [0.1, 0.15) is 5.52 Å². The molecule has 2 N–H and O–H groups in total. The number of anilines is 1. The molecule has 0 unspecified atom stereocenters. The lowest BCUT2D eigenvalue weighted by atomic mass is 10.2. The third-order valence-electron chi connectivity index (χ3n) is 2.98. The monoisotopic (exact) mass is 283 g/mol. The van der Waals surface area contributed by atoms with E-state index < -0.39 is 0 Å². The van der Waals surface area contributed by atoms with Gasteiger partial charge in [0.15, 0.2) is 5.65 Å². The Balaban J connectivity index is 2.35. The summed E-state index contributed by atoms with van der Waals surface area (Å²) in [5, 5.41) is 9.49. The lowest BCUT2D eigenvalue weighted by Gasteiger charge is -2.08. The van der Waals surface area contributed by atoms with Crippen LogP contribution in [0.25, 0.3) is 16.9 Å². The molecular formula is C14H10ClN5. The molecule has 0 atom stereocenters. The van der Waals surface area contributed by atoms with Crippen molar-refractivity contribution in [3.63, 3.8) is 0 Å². The number of nitriles is 1. The van der Waals surface area contributed by atoms with Crippen molar-refractivity contribution in [2.75, 3.05) is 5.73 Å². The van der Waals surface area contributed by atoms with Gasteiger partial charge in [-0.05, 0) is 36.8 Å². The number of rotatable bonds is 1. The number of aryl methyl sites for hydroxylation is 1. The summed E-state index contributed by atoms with van der Waals surface area (Å²) in [6, 6.07) is 8.96. The highest BCUT2D eigenvalue weighted by Gasteiger charge is 2.14. The first kappa shape index (κ1) is 12.5. The molecule has 2 aromatic heterocycles. The second-order valence-corrected chi connectivity index (χ2v) is 4.85. The highest BCUT2D eigenvalue weighted by molar-refractivity contribution is 6.32. The molecule has 98 valence electrons. The summed E-state index contributed by atoms with van der Waals surface area (Å²) < 4.78 is 1.65. The molecule has 0 radical (unpaired) electrons. The number of nitrogen functional groups attached to an aromatic ring is 1. The Morgan fingerprint density at radius 2 is 2.15 bits per heavy atom. The summed E-state index contributed by atoms with van der Waals surface area (Å²) in [6.07, 6.45) is 1.74. The van der Waals surface area contributed by atoms with Crippen LogP contribution >= 0.6 is 11.6 Å². The maximum Gasteiger partial charge on any atom is 0.207 e. The van der Waals surface area contributed by atoms with Crippen molar-refractivity contribution in [1.82, 2.24) is 14.5 Å². The highest BCUT2D eigenvalue weighted by atomic mass is 35.5. The van der Waals surface area contributed by atoms with Gasteiger partial charge in [0, 0.05) is 6.20 Å². The Hall–Kier alpha value is -2.58. The molecule has 2 heterocycles. The van der Waals surface area contributed by atoms with Crippen LogP contribution in [0.5, 0.6) is 0 Å². The minimum Gasteiger partial charge on any atom is -0.369 e. The van der Waals surface area contributed by atoms with Gasteiger partial charge in [-0.15, -0.1) is 0 Å². The average Bonchev–Trinajstić information content (AvgIpc) is 2.74. The van der Waals surface area contributed by atoms with Gasteiger partial charge in [-0.1, -0.05) is 11.6 Å². The topological polar surface area (TPSA) is 80.5 Å². The predicted molar refractivity (Wildman–Crippen MR) is 77.7 cm³/mol. The van der Waals surface area contributed by atoms with Crippen molar-refractivity contribution >= 4 is 28.7 Å². The zero-order valence-corrected chi connectivity index (χ0v) is 11.4. The number of nitrogens with two attached hydrogens (primary N) is 1. The van der Waals surface area contributed by atoms with Crippen molar-refractivity contribution in [2.45, 2.75) is 6.92 Å². The lowest BCUT2D eigenvalue weighted by Crippen LogP contribution is -2.02. The fourth-order valence-corrected chi connectivity index (χ4v) is 2.28. The van der Waals surface area contributed by atoms with E-state index in [1.54, 1.807) is 29.0 Å². The molecule has 0 aliphatic carbocycles. The number of nitrogens with zero attached hydrogens (tertiary/aromatic N) is 4. The Labute approximate surface area is 120 Å². The van der Waals surface area contributed by atoms with E-state index in [1.165, 1.54) is 0 Å². The van der Waals surface area contributed by atoms with Gasteiger partial charge in [0.05, 0.1) is 22.3 Å². The molecular weight excluding hydrogens is 274 g/mol. The molecule has 5 nitrogen and oxygen atoms in total. The Kier molecular flexibility index (Phi) is 2.81. The van der Waals surface area contributed by atoms with E-state index in [0.717, 1.165) is 5.56 Å². The molecule has 0 amide bonds. The van der Waals surface area contributed by atoms with Crippen LogP contribution in [0.2, 0.25) is 5.02 Å². The maximum absolute atomic E-state index is 9.00. The summed E-state index contributed by atoms with van der Waals surface area (Å²) in [5.41, 5.74) is 9.37. The standard InChI is InChI=1S/C14H10ClN5/c1-8-4-11-13(18-7-8)20(14(17)19-11)12-5-9(6-16)2-3-10(12)15/h2-5,7H,1H3,(H2,17,19). The Morgan fingerprint density at radius 3 is 2.90 bits per heavy atom. The number of fused-ring (bicyclic) bond motifs is 1. The van der Waals surface area contributed by atoms with E-state index in [1.807, 2.05) is 13.0 Å². The summed E-state index contributed by atoms with van der Waals surface area (Å²) >= 11 is 6.21. The molecule has 0 aliphatic rings. The first-order valence-electron chi connectivity index (χ1n) is 5.91.